The molecule has 2 heterocycles. The van der Waals surface area contributed by atoms with Gasteiger partial charge in [-0.05, 0) is 51.4 Å². The zero-order valence-corrected chi connectivity index (χ0v) is 18.9. The van der Waals surface area contributed by atoms with Crippen molar-refractivity contribution in [2.75, 3.05) is 26.7 Å². The smallest absolute Gasteiger partial charge is 0.254 e. The van der Waals surface area contributed by atoms with Gasteiger partial charge in [-0.25, -0.2) is 4.98 Å². The molecular formula is C19H27Cl2N3OS2. The van der Waals surface area contributed by atoms with E-state index in [0.29, 0.717) is 5.92 Å². The van der Waals surface area contributed by atoms with Gasteiger partial charge in [0.1, 0.15) is 0 Å². The van der Waals surface area contributed by atoms with E-state index in [1.54, 1.807) is 23.1 Å². The van der Waals surface area contributed by atoms with Crippen LogP contribution in [0.1, 0.15) is 33.9 Å². The summed E-state index contributed by atoms with van der Waals surface area (Å²) >= 11 is 3.37. The largest absolute Gasteiger partial charge is 0.339 e. The van der Waals surface area contributed by atoms with E-state index in [9.17, 15) is 4.79 Å². The van der Waals surface area contributed by atoms with Crippen molar-refractivity contribution in [3.05, 3.63) is 45.9 Å². The van der Waals surface area contributed by atoms with E-state index in [-0.39, 0.29) is 30.7 Å². The first kappa shape index (κ1) is 24.2. The number of thioether (sulfide) groups is 1. The fourth-order valence-corrected chi connectivity index (χ4v) is 4.85. The van der Waals surface area contributed by atoms with Crippen molar-refractivity contribution in [2.24, 2.45) is 5.92 Å². The molecule has 1 amide bonds. The summed E-state index contributed by atoms with van der Waals surface area (Å²) in [5.74, 6) is 1.66. The molecule has 0 radical (unpaired) electrons. The fraction of sp³-hybridized carbons (Fsp3) is 0.474. The maximum absolute atomic E-state index is 13.0. The van der Waals surface area contributed by atoms with E-state index in [4.69, 9.17) is 0 Å². The second kappa shape index (κ2) is 11.9. The molecule has 150 valence electrons. The summed E-state index contributed by atoms with van der Waals surface area (Å²) in [5.41, 5.74) is 1.91. The van der Waals surface area contributed by atoms with Gasteiger partial charge in [0, 0.05) is 29.1 Å². The molecule has 0 bridgehead atoms. The molecule has 0 saturated carbocycles. The Hall–Kier alpha value is -0.790. The highest BCUT2D eigenvalue weighted by molar-refractivity contribution is 7.98. The number of hydrogen-bond acceptors (Lipinski definition) is 5. The number of hydrogen-bond donors (Lipinski definition) is 1. The topological polar surface area (TPSA) is 45.2 Å². The Labute approximate surface area is 182 Å². The average Bonchev–Trinajstić information content (AvgIpc) is 3.06. The Bertz CT molecular complexity index is 718. The molecule has 4 nitrogen and oxygen atoms in total. The molecule has 8 heteroatoms. The summed E-state index contributed by atoms with van der Waals surface area (Å²) < 4.78 is 0. The summed E-state index contributed by atoms with van der Waals surface area (Å²) in [6.45, 7) is 4.78. The minimum absolute atomic E-state index is 0. The van der Waals surface area contributed by atoms with Gasteiger partial charge in [0.15, 0.2) is 0 Å². The monoisotopic (exact) mass is 447 g/mol. The predicted molar refractivity (Wildman–Crippen MR) is 120 cm³/mol. The lowest BCUT2D eigenvalue weighted by molar-refractivity contribution is 0.0687. The molecule has 3 rings (SSSR count). The molecule has 0 atom stereocenters. The molecule has 1 aromatic heterocycles. The van der Waals surface area contributed by atoms with E-state index < -0.39 is 0 Å². The highest BCUT2D eigenvalue weighted by atomic mass is 35.5. The SMILES string of the molecule is CNCC1CCN(C(=O)c2ccccc2SCc2csc(C)n2)CC1.Cl.Cl. The van der Waals surface area contributed by atoms with Crippen molar-refractivity contribution in [3.8, 4) is 0 Å². The second-order valence-electron chi connectivity index (χ2n) is 6.44. The van der Waals surface area contributed by atoms with E-state index in [0.717, 1.165) is 59.4 Å². The van der Waals surface area contributed by atoms with Crippen LogP contribution in [0, 0.1) is 12.8 Å². The molecule has 0 aliphatic carbocycles. The first-order valence-electron chi connectivity index (χ1n) is 8.74. The number of carbonyl (C=O) groups excluding carboxylic acids is 1. The predicted octanol–water partition coefficient (Wildman–Crippen LogP) is 4.66. The summed E-state index contributed by atoms with van der Waals surface area (Å²) in [4.78, 5) is 20.6. The van der Waals surface area contributed by atoms with Gasteiger partial charge in [0.05, 0.1) is 16.3 Å². The molecule has 1 aromatic carbocycles. The lowest BCUT2D eigenvalue weighted by Crippen LogP contribution is -2.40. The quantitative estimate of drug-likeness (QED) is 0.653. The highest BCUT2D eigenvalue weighted by Crippen LogP contribution is 2.28. The number of piperidine rings is 1. The molecule has 1 N–H and O–H groups in total. The molecule has 2 aromatic rings. The normalized spacial score (nSPS) is 14.4. The third-order valence-electron chi connectivity index (χ3n) is 4.55. The molecule has 1 fully saturated rings. The first-order chi connectivity index (χ1) is 12.2. The number of carbonyl (C=O) groups is 1. The van der Waals surface area contributed by atoms with Crippen LogP contribution in [-0.2, 0) is 5.75 Å². The Morgan fingerprint density at radius 1 is 1.30 bits per heavy atom. The number of likely N-dealkylation sites (tertiary alicyclic amines) is 1. The summed E-state index contributed by atoms with van der Waals surface area (Å²) in [6, 6.07) is 7.96. The fourth-order valence-electron chi connectivity index (χ4n) is 3.19. The second-order valence-corrected chi connectivity index (χ2v) is 8.52. The van der Waals surface area contributed by atoms with E-state index in [2.05, 4.69) is 15.7 Å². The summed E-state index contributed by atoms with van der Waals surface area (Å²) in [6.07, 6.45) is 2.17. The third kappa shape index (κ3) is 6.64. The molecule has 1 aliphatic rings. The number of nitrogens with one attached hydrogen (secondary N) is 1. The Morgan fingerprint density at radius 3 is 2.63 bits per heavy atom. The van der Waals surface area contributed by atoms with Crippen molar-refractivity contribution in [2.45, 2.75) is 30.4 Å². The summed E-state index contributed by atoms with van der Waals surface area (Å²) in [5, 5.41) is 6.43. The number of rotatable bonds is 6. The molecule has 1 saturated heterocycles. The van der Waals surface area contributed by atoms with Crippen LogP contribution in [-0.4, -0.2) is 42.5 Å². The Kier molecular flexibility index (Phi) is 10.7. The van der Waals surface area contributed by atoms with Crippen LogP contribution in [0.4, 0.5) is 0 Å². The first-order valence-corrected chi connectivity index (χ1v) is 10.6. The van der Waals surface area contributed by atoms with E-state index in [1.165, 1.54) is 0 Å². The number of halogens is 2. The van der Waals surface area contributed by atoms with Crippen LogP contribution in [0.25, 0.3) is 0 Å². The van der Waals surface area contributed by atoms with Crippen molar-refractivity contribution < 1.29 is 4.79 Å². The zero-order chi connectivity index (χ0) is 17.6. The minimum Gasteiger partial charge on any atom is -0.339 e. The van der Waals surface area contributed by atoms with Crippen molar-refractivity contribution in [1.29, 1.82) is 0 Å². The van der Waals surface area contributed by atoms with Crippen LogP contribution < -0.4 is 5.32 Å². The van der Waals surface area contributed by atoms with Crippen molar-refractivity contribution >= 4 is 53.8 Å². The number of amides is 1. The molecule has 1 aliphatic heterocycles. The van der Waals surface area contributed by atoms with Crippen molar-refractivity contribution in [3.63, 3.8) is 0 Å². The number of nitrogens with zero attached hydrogens (tertiary/aromatic N) is 2. The van der Waals surface area contributed by atoms with Gasteiger partial charge in [-0.3, -0.25) is 4.79 Å². The average molecular weight is 448 g/mol. The van der Waals surface area contributed by atoms with Gasteiger partial charge in [0.25, 0.3) is 5.91 Å². The van der Waals surface area contributed by atoms with Crippen LogP contribution in [0.3, 0.4) is 0 Å². The molecule has 0 spiro atoms. The number of benzene rings is 1. The van der Waals surface area contributed by atoms with E-state index >= 15 is 0 Å². The van der Waals surface area contributed by atoms with Gasteiger partial charge in [-0.2, -0.15) is 0 Å². The lowest BCUT2D eigenvalue weighted by Gasteiger charge is -2.32. The van der Waals surface area contributed by atoms with Crippen LogP contribution >= 0.6 is 47.9 Å². The summed E-state index contributed by atoms with van der Waals surface area (Å²) in [7, 11) is 1.99. The Balaban J connectivity index is 0.00000182. The third-order valence-corrected chi connectivity index (χ3v) is 6.48. The Morgan fingerprint density at radius 2 is 2.00 bits per heavy atom. The number of aryl methyl sites for hydroxylation is 1. The minimum atomic E-state index is 0. The van der Waals surface area contributed by atoms with Gasteiger partial charge < -0.3 is 10.2 Å². The van der Waals surface area contributed by atoms with Crippen LogP contribution in [0.2, 0.25) is 0 Å². The molecule has 0 unspecified atom stereocenters. The van der Waals surface area contributed by atoms with Gasteiger partial charge in [0.2, 0.25) is 0 Å². The molecular weight excluding hydrogens is 421 g/mol. The highest BCUT2D eigenvalue weighted by Gasteiger charge is 2.24. The van der Waals surface area contributed by atoms with Crippen LogP contribution in [0.5, 0.6) is 0 Å². The standard InChI is InChI=1S/C19H25N3OS2.2ClH/c1-14-21-16(12-24-14)13-25-18-6-4-3-5-17(18)19(23)22-9-7-15(8-10-22)11-20-2;;/h3-6,12,15,20H,7-11,13H2,1-2H3;2*1H. The molecule has 27 heavy (non-hydrogen) atoms. The van der Waals surface area contributed by atoms with E-state index in [1.807, 2.05) is 43.1 Å². The maximum atomic E-state index is 13.0. The lowest BCUT2D eigenvalue weighted by atomic mass is 9.96. The van der Waals surface area contributed by atoms with Gasteiger partial charge in [-0.15, -0.1) is 47.9 Å². The van der Waals surface area contributed by atoms with Gasteiger partial charge >= 0.3 is 0 Å². The van der Waals surface area contributed by atoms with Crippen molar-refractivity contribution in [1.82, 2.24) is 15.2 Å². The van der Waals surface area contributed by atoms with Crippen LogP contribution in [0.15, 0.2) is 34.5 Å². The van der Waals surface area contributed by atoms with Gasteiger partial charge in [-0.1, -0.05) is 12.1 Å². The number of aromatic nitrogens is 1. The zero-order valence-electron chi connectivity index (χ0n) is 15.6. The maximum Gasteiger partial charge on any atom is 0.254 e. The number of thiazole rings is 1.